The summed E-state index contributed by atoms with van der Waals surface area (Å²) in [5, 5.41) is 0. The third-order valence-corrected chi connectivity index (χ3v) is 3.50. The molecule has 0 aromatic rings. The maximum atomic E-state index is 6.01. The van der Waals surface area contributed by atoms with Crippen molar-refractivity contribution in [2.45, 2.75) is 25.9 Å². The minimum Gasteiger partial charge on any atom is -0.322 e. The van der Waals surface area contributed by atoms with Crippen LogP contribution in [0.4, 0.5) is 0 Å². The van der Waals surface area contributed by atoms with Gasteiger partial charge in [-0.2, -0.15) is 0 Å². The molecule has 0 aliphatic carbocycles. The average Bonchev–Trinajstić information content (AvgIpc) is 2.57. The van der Waals surface area contributed by atoms with Crippen molar-refractivity contribution < 1.29 is 4.48 Å². The van der Waals surface area contributed by atoms with Crippen LogP contribution in [-0.4, -0.2) is 36.2 Å². The van der Waals surface area contributed by atoms with Crippen LogP contribution < -0.4 is 5.73 Å². The fourth-order valence-corrected chi connectivity index (χ4v) is 2.59. The molecule has 0 aromatic heterocycles. The van der Waals surface area contributed by atoms with E-state index in [1.165, 1.54) is 24.1 Å². The standard InChI is InChI=1S/C8H17N2/c1-3-10-4-6(2)8(9)7(10)5-10/h6-8H,3-5,9H2,1-2H3/q+1/t6-,7?,8?,10?/m1/s1. The number of likely N-dealkylation sites (N-methyl/N-ethyl adjacent to an activating group) is 1. The zero-order chi connectivity index (χ0) is 7.35. The first-order valence-electron chi connectivity index (χ1n) is 4.31. The summed E-state index contributed by atoms with van der Waals surface area (Å²) in [6, 6.07) is 1.33. The highest BCUT2D eigenvalue weighted by Crippen LogP contribution is 2.42. The minimum atomic E-state index is 0.500. The Balaban J connectivity index is 2.11. The van der Waals surface area contributed by atoms with E-state index in [1.807, 2.05) is 0 Å². The summed E-state index contributed by atoms with van der Waals surface area (Å²) in [6.45, 7) is 8.56. The van der Waals surface area contributed by atoms with E-state index >= 15 is 0 Å². The molecular weight excluding hydrogens is 124 g/mol. The van der Waals surface area contributed by atoms with Crippen LogP contribution >= 0.6 is 0 Å². The molecule has 2 aliphatic rings. The van der Waals surface area contributed by atoms with Crippen molar-refractivity contribution >= 4 is 0 Å². The molecule has 0 spiro atoms. The molecule has 2 rings (SSSR count). The van der Waals surface area contributed by atoms with Gasteiger partial charge < -0.3 is 10.2 Å². The van der Waals surface area contributed by atoms with Gasteiger partial charge in [0.05, 0.1) is 19.1 Å². The summed E-state index contributed by atoms with van der Waals surface area (Å²) in [7, 11) is 0. The molecule has 2 aliphatic heterocycles. The molecule has 2 fully saturated rings. The Morgan fingerprint density at radius 1 is 1.50 bits per heavy atom. The molecule has 2 saturated heterocycles. The number of rotatable bonds is 1. The SMILES string of the molecule is CC[N+]12CC1C(N)[C@H](C)C2. The second-order valence-corrected chi connectivity index (χ2v) is 4.02. The highest BCUT2D eigenvalue weighted by molar-refractivity contribution is 4.95. The molecule has 0 bridgehead atoms. The van der Waals surface area contributed by atoms with Gasteiger partial charge in [0, 0.05) is 5.92 Å². The lowest BCUT2D eigenvalue weighted by atomic mass is 10.0. The molecule has 4 atom stereocenters. The maximum absolute atomic E-state index is 6.01. The molecule has 0 saturated carbocycles. The summed E-state index contributed by atoms with van der Waals surface area (Å²) < 4.78 is 1.34. The van der Waals surface area contributed by atoms with Gasteiger partial charge in [0.15, 0.2) is 6.04 Å². The lowest BCUT2D eigenvalue weighted by molar-refractivity contribution is -0.803. The first-order valence-corrected chi connectivity index (χ1v) is 4.31. The average molecular weight is 141 g/mol. The number of fused-ring (bicyclic) bond motifs is 1. The molecule has 2 N–H and O–H groups in total. The molecular formula is C8H17N2+. The van der Waals surface area contributed by atoms with Gasteiger partial charge in [-0.1, -0.05) is 6.92 Å². The molecule has 2 heteroatoms. The molecule has 58 valence electrons. The largest absolute Gasteiger partial charge is 0.322 e. The topological polar surface area (TPSA) is 26.0 Å². The van der Waals surface area contributed by atoms with E-state index in [0.717, 1.165) is 12.0 Å². The van der Waals surface area contributed by atoms with Gasteiger partial charge in [0.1, 0.15) is 6.54 Å². The van der Waals surface area contributed by atoms with Gasteiger partial charge in [0.25, 0.3) is 0 Å². The van der Waals surface area contributed by atoms with Gasteiger partial charge >= 0.3 is 0 Å². The molecule has 10 heavy (non-hydrogen) atoms. The van der Waals surface area contributed by atoms with Crippen LogP contribution in [0.2, 0.25) is 0 Å². The van der Waals surface area contributed by atoms with Crippen LogP contribution in [0, 0.1) is 5.92 Å². The first-order chi connectivity index (χ1) is 4.69. The van der Waals surface area contributed by atoms with Crippen LogP contribution in [0.1, 0.15) is 13.8 Å². The molecule has 0 amide bonds. The highest BCUT2D eigenvalue weighted by Gasteiger charge is 2.64. The van der Waals surface area contributed by atoms with Crippen LogP contribution in [0.5, 0.6) is 0 Å². The number of hydrogen-bond acceptors (Lipinski definition) is 1. The lowest BCUT2D eigenvalue weighted by Crippen LogP contribution is -2.30. The van der Waals surface area contributed by atoms with Gasteiger partial charge in [-0.3, -0.25) is 0 Å². The quantitative estimate of drug-likeness (QED) is 0.409. The monoisotopic (exact) mass is 141 g/mol. The Morgan fingerprint density at radius 2 is 2.20 bits per heavy atom. The Bertz CT molecular complexity index is 157. The first kappa shape index (κ1) is 6.62. The van der Waals surface area contributed by atoms with Crippen molar-refractivity contribution in [3.8, 4) is 0 Å². The minimum absolute atomic E-state index is 0.500. The summed E-state index contributed by atoms with van der Waals surface area (Å²) in [6.07, 6.45) is 0. The summed E-state index contributed by atoms with van der Waals surface area (Å²) in [5.41, 5.74) is 6.01. The van der Waals surface area contributed by atoms with Crippen LogP contribution in [0.15, 0.2) is 0 Å². The van der Waals surface area contributed by atoms with Crippen molar-refractivity contribution in [2.75, 3.05) is 19.6 Å². The zero-order valence-corrected chi connectivity index (χ0v) is 6.88. The van der Waals surface area contributed by atoms with E-state index in [4.69, 9.17) is 5.73 Å². The van der Waals surface area contributed by atoms with E-state index in [9.17, 15) is 0 Å². The van der Waals surface area contributed by atoms with Gasteiger partial charge in [0.2, 0.25) is 0 Å². The predicted octanol–water partition coefficient (Wildman–Crippen LogP) is 0.182. The number of piperidine rings is 1. The molecule has 0 radical (unpaired) electrons. The van der Waals surface area contributed by atoms with Gasteiger partial charge in [-0.15, -0.1) is 0 Å². The normalized spacial score (nSPS) is 58.5. The molecule has 2 nitrogen and oxygen atoms in total. The van der Waals surface area contributed by atoms with E-state index in [0.29, 0.717) is 6.04 Å². The Labute approximate surface area is 62.6 Å². The summed E-state index contributed by atoms with van der Waals surface area (Å²) in [4.78, 5) is 0. The summed E-state index contributed by atoms with van der Waals surface area (Å²) >= 11 is 0. The number of quaternary nitrogens is 1. The Kier molecular flexibility index (Phi) is 1.15. The lowest BCUT2D eigenvalue weighted by Gasteiger charge is -2.13. The number of hydrogen-bond donors (Lipinski definition) is 1. The van der Waals surface area contributed by atoms with Crippen LogP contribution in [0.25, 0.3) is 0 Å². The maximum Gasteiger partial charge on any atom is 0.154 e. The zero-order valence-electron chi connectivity index (χ0n) is 6.88. The van der Waals surface area contributed by atoms with Crippen LogP contribution in [0.3, 0.4) is 0 Å². The fraction of sp³-hybridized carbons (Fsp3) is 1.00. The summed E-state index contributed by atoms with van der Waals surface area (Å²) in [5.74, 6) is 0.763. The highest BCUT2D eigenvalue weighted by atomic mass is 15.5. The third-order valence-electron chi connectivity index (χ3n) is 3.50. The van der Waals surface area contributed by atoms with E-state index in [-0.39, 0.29) is 0 Å². The molecule has 2 heterocycles. The Hall–Kier alpha value is -0.0800. The van der Waals surface area contributed by atoms with Crippen molar-refractivity contribution in [1.82, 2.24) is 0 Å². The molecule has 0 aromatic carbocycles. The van der Waals surface area contributed by atoms with Crippen molar-refractivity contribution in [1.29, 1.82) is 0 Å². The second kappa shape index (κ2) is 1.74. The number of nitrogens with zero attached hydrogens (tertiary/aromatic N) is 1. The van der Waals surface area contributed by atoms with Crippen molar-refractivity contribution in [2.24, 2.45) is 11.7 Å². The van der Waals surface area contributed by atoms with Gasteiger partial charge in [-0.05, 0) is 6.92 Å². The van der Waals surface area contributed by atoms with E-state index in [2.05, 4.69) is 13.8 Å². The van der Waals surface area contributed by atoms with Gasteiger partial charge in [-0.25, -0.2) is 0 Å². The molecule has 3 unspecified atom stereocenters. The van der Waals surface area contributed by atoms with Crippen molar-refractivity contribution in [3.05, 3.63) is 0 Å². The number of nitrogens with two attached hydrogens (primary N) is 1. The van der Waals surface area contributed by atoms with Crippen molar-refractivity contribution in [3.63, 3.8) is 0 Å². The van der Waals surface area contributed by atoms with E-state index in [1.54, 1.807) is 0 Å². The second-order valence-electron chi connectivity index (χ2n) is 4.02. The Morgan fingerprint density at radius 3 is 2.50 bits per heavy atom. The van der Waals surface area contributed by atoms with Crippen LogP contribution in [-0.2, 0) is 0 Å². The fourth-order valence-electron chi connectivity index (χ4n) is 2.59. The van der Waals surface area contributed by atoms with E-state index < -0.39 is 0 Å². The predicted molar refractivity (Wildman–Crippen MR) is 41.5 cm³/mol. The third kappa shape index (κ3) is 0.611. The smallest absolute Gasteiger partial charge is 0.154 e.